The van der Waals surface area contributed by atoms with Gasteiger partial charge in [0.2, 0.25) is 11.1 Å². The first-order chi connectivity index (χ1) is 12.2. The number of aromatic amines is 1. The lowest BCUT2D eigenvalue weighted by atomic mass is 10.2. The standard InChI is InChI=1S/C17H16N6OS/c1-12(14-8-5-9-18-10-14)20-21-16-19-17(23-22-16)25-11-15(24)13-6-3-2-4-7-13/h2-10H,11H2,1H3,(H2,19,21,22,23)/b20-12-. The molecule has 3 aromatic rings. The largest absolute Gasteiger partial charge is 0.293 e. The molecule has 0 saturated carbocycles. The number of nitrogens with zero attached hydrogens (tertiary/aromatic N) is 4. The van der Waals surface area contributed by atoms with Crippen molar-refractivity contribution in [1.29, 1.82) is 0 Å². The lowest BCUT2D eigenvalue weighted by Gasteiger charge is -1.99. The van der Waals surface area contributed by atoms with Gasteiger partial charge in [-0.1, -0.05) is 48.2 Å². The molecule has 0 amide bonds. The van der Waals surface area contributed by atoms with Crippen LogP contribution in [0.4, 0.5) is 5.95 Å². The van der Waals surface area contributed by atoms with Crippen molar-refractivity contribution in [2.45, 2.75) is 12.1 Å². The van der Waals surface area contributed by atoms with Gasteiger partial charge in [0, 0.05) is 23.5 Å². The second-order valence-electron chi connectivity index (χ2n) is 5.10. The zero-order chi connectivity index (χ0) is 17.5. The number of thioether (sulfide) groups is 1. The van der Waals surface area contributed by atoms with E-state index in [1.54, 1.807) is 24.5 Å². The molecule has 0 aliphatic heterocycles. The average Bonchev–Trinajstić information content (AvgIpc) is 3.13. The molecule has 0 fully saturated rings. The van der Waals surface area contributed by atoms with Gasteiger partial charge in [0.1, 0.15) is 0 Å². The van der Waals surface area contributed by atoms with Crippen LogP contribution < -0.4 is 5.43 Å². The summed E-state index contributed by atoms with van der Waals surface area (Å²) >= 11 is 1.27. The zero-order valence-electron chi connectivity index (χ0n) is 13.5. The maximum Gasteiger partial charge on any atom is 0.240 e. The average molecular weight is 352 g/mol. The molecule has 25 heavy (non-hydrogen) atoms. The molecule has 7 nitrogen and oxygen atoms in total. The van der Waals surface area contributed by atoms with E-state index < -0.39 is 0 Å². The van der Waals surface area contributed by atoms with Crippen molar-refractivity contribution < 1.29 is 4.79 Å². The van der Waals surface area contributed by atoms with Crippen molar-refractivity contribution in [3.05, 3.63) is 66.0 Å². The van der Waals surface area contributed by atoms with Crippen molar-refractivity contribution in [2.75, 3.05) is 11.2 Å². The molecule has 2 N–H and O–H groups in total. The molecule has 2 heterocycles. The molecule has 0 aliphatic carbocycles. The number of carbonyl (C=O) groups excluding carboxylic acids is 1. The topological polar surface area (TPSA) is 95.9 Å². The Morgan fingerprint density at radius 2 is 2.00 bits per heavy atom. The Labute approximate surface area is 149 Å². The minimum absolute atomic E-state index is 0.0374. The predicted molar refractivity (Wildman–Crippen MR) is 97.9 cm³/mol. The number of rotatable bonds is 7. The number of H-pyrrole nitrogens is 1. The number of pyridine rings is 1. The summed E-state index contributed by atoms with van der Waals surface area (Å²) in [6, 6.07) is 12.9. The van der Waals surface area contributed by atoms with Crippen LogP contribution in [0.5, 0.6) is 0 Å². The Bertz CT molecular complexity index is 863. The Balaban J connectivity index is 1.55. The summed E-state index contributed by atoms with van der Waals surface area (Å²) in [5.74, 6) is 0.729. The summed E-state index contributed by atoms with van der Waals surface area (Å²) in [7, 11) is 0. The van der Waals surface area contributed by atoms with Gasteiger partial charge in [-0.2, -0.15) is 10.1 Å². The number of Topliss-reactive ketones (excluding diaryl/α,β-unsaturated/α-hetero) is 1. The molecular weight excluding hydrogens is 336 g/mol. The van der Waals surface area contributed by atoms with Crippen LogP contribution in [0.1, 0.15) is 22.8 Å². The molecule has 0 bridgehead atoms. The van der Waals surface area contributed by atoms with E-state index in [4.69, 9.17) is 0 Å². The van der Waals surface area contributed by atoms with E-state index in [-0.39, 0.29) is 11.5 Å². The van der Waals surface area contributed by atoms with E-state index in [1.807, 2.05) is 37.3 Å². The van der Waals surface area contributed by atoms with Gasteiger partial charge in [0.05, 0.1) is 11.5 Å². The number of anilines is 1. The van der Waals surface area contributed by atoms with Gasteiger partial charge in [-0.15, -0.1) is 5.10 Å². The van der Waals surface area contributed by atoms with Gasteiger partial charge in [-0.05, 0) is 13.0 Å². The highest BCUT2D eigenvalue weighted by Crippen LogP contribution is 2.16. The maximum atomic E-state index is 12.1. The van der Waals surface area contributed by atoms with Crippen LogP contribution in [-0.4, -0.2) is 37.4 Å². The third-order valence-corrected chi connectivity index (χ3v) is 4.15. The lowest BCUT2D eigenvalue weighted by molar-refractivity contribution is 0.102. The lowest BCUT2D eigenvalue weighted by Crippen LogP contribution is -2.02. The molecule has 8 heteroatoms. The highest BCUT2D eigenvalue weighted by molar-refractivity contribution is 7.99. The number of carbonyl (C=O) groups is 1. The van der Waals surface area contributed by atoms with E-state index in [1.165, 1.54) is 11.8 Å². The fourth-order valence-corrected chi connectivity index (χ4v) is 2.67. The van der Waals surface area contributed by atoms with E-state index in [0.29, 0.717) is 16.7 Å². The van der Waals surface area contributed by atoms with Gasteiger partial charge < -0.3 is 0 Å². The SMILES string of the molecule is C/C(=N/Nc1nc(SCC(=O)c2ccccc2)n[nH]1)c1cccnc1. The summed E-state index contributed by atoms with van der Waals surface area (Å²) in [5, 5.41) is 11.5. The molecule has 0 radical (unpaired) electrons. The number of hydrazone groups is 1. The smallest absolute Gasteiger partial charge is 0.240 e. The third-order valence-electron chi connectivity index (χ3n) is 3.30. The van der Waals surface area contributed by atoms with Crippen LogP contribution in [0.2, 0.25) is 0 Å². The summed E-state index contributed by atoms with van der Waals surface area (Å²) < 4.78 is 0. The molecule has 2 aromatic heterocycles. The summed E-state index contributed by atoms with van der Waals surface area (Å²) in [6.45, 7) is 1.87. The van der Waals surface area contributed by atoms with Gasteiger partial charge in [0.15, 0.2) is 5.78 Å². The van der Waals surface area contributed by atoms with Crippen LogP contribution in [0.25, 0.3) is 0 Å². The number of nitrogens with one attached hydrogen (secondary N) is 2. The monoisotopic (exact) mass is 352 g/mol. The summed E-state index contributed by atoms with van der Waals surface area (Å²) in [6.07, 6.45) is 3.44. The van der Waals surface area contributed by atoms with Crippen molar-refractivity contribution in [1.82, 2.24) is 20.2 Å². The maximum absolute atomic E-state index is 12.1. The summed E-state index contributed by atoms with van der Waals surface area (Å²) in [4.78, 5) is 20.4. The molecule has 0 atom stereocenters. The molecular formula is C17H16N6OS. The van der Waals surface area contributed by atoms with Crippen molar-refractivity contribution in [3.8, 4) is 0 Å². The minimum Gasteiger partial charge on any atom is -0.293 e. The summed E-state index contributed by atoms with van der Waals surface area (Å²) in [5.41, 5.74) is 5.19. The zero-order valence-corrected chi connectivity index (χ0v) is 14.3. The second-order valence-corrected chi connectivity index (χ2v) is 6.04. The molecule has 0 unspecified atom stereocenters. The fourth-order valence-electron chi connectivity index (χ4n) is 1.98. The van der Waals surface area contributed by atoms with E-state index in [2.05, 4.69) is 30.7 Å². The highest BCUT2D eigenvalue weighted by Gasteiger charge is 2.09. The van der Waals surface area contributed by atoms with Crippen LogP contribution >= 0.6 is 11.8 Å². The van der Waals surface area contributed by atoms with Crippen molar-refractivity contribution in [2.24, 2.45) is 5.10 Å². The fraction of sp³-hybridized carbons (Fsp3) is 0.118. The molecule has 0 aliphatic rings. The van der Waals surface area contributed by atoms with Crippen molar-refractivity contribution in [3.63, 3.8) is 0 Å². The molecule has 3 rings (SSSR count). The van der Waals surface area contributed by atoms with Crippen LogP contribution in [0.15, 0.2) is 65.1 Å². The number of hydrogen-bond acceptors (Lipinski definition) is 7. The first-order valence-corrected chi connectivity index (χ1v) is 8.55. The molecule has 0 spiro atoms. The first kappa shape index (κ1) is 16.8. The van der Waals surface area contributed by atoms with Gasteiger partial charge in [0.25, 0.3) is 0 Å². The van der Waals surface area contributed by atoms with Gasteiger partial charge in [-0.25, -0.2) is 10.5 Å². The molecule has 126 valence electrons. The van der Waals surface area contributed by atoms with E-state index in [9.17, 15) is 4.79 Å². The second kappa shape index (κ2) is 8.20. The number of ketones is 1. The number of hydrogen-bond donors (Lipinski definition) is 2. The van der Waals surface area contributed by atoms with Crippen molar-refractivity contribution >= 4 is 29.2 Å². The van der Waals surface area contributed by atoms with E-state index in [0.717, 1.165) is 11.3 Å². The highest BCUT2D eigenvalue weighted by atomic mass is 32.2. The number of benzene rings is 1. The van der Waals surface area contributed by atoms with Crippen LogP contribution in [-0.2, 0) is 0 Å². The predicted octanol–water partition coefficient (Wildman–Crippen LogP) is 3.01. The van der Waals surface area contributed by atoms with Crippen LogP contribution in [0, 0.1) is 0 Å². The Morgan fingerprint density at radius 3 is 2.76 bits per heavy atom. The normalized spacial score (nSPS) is 11.3. The van der Waals surface area contributed by atoms with Crippen LogP contribution in [0.3, 0.4) is 0 Å². The van der Waals surface area contributed by atoms with Gasteiger partial charge in [-0.3, -0.25) is 9.78 Å². The minimum atomic E-state index is 0.0374. The Hall–Kier alpha value is -3.00. The Morgan fingerprint density at radius 1 is 1.20 bits per heavy atom. The third kappa shape index (κ3) is 4.74. The first-order valence-electron chi connectivity index (χ1n) is 7.56. The van der Waals surface area contributed by atoms with Gasteiger partial charge >= 0.3 is 0 Å². The molecule has 1 aromatic carbocycles. The number of aromatic nitrogens is 4. The van der Waals surface area contributed by atoms with E-state index >= 15 is 0 Å². The quantitative estimate of drug-likeness (QED) is 0.294. The molecule has 0 saturated heterocycles. The Kier molecular flexibility index (Phi) is 5.53.